The zero-order valence-corrected chi connectivity index (χ0v) is 16.3. The van der Waals surface area contributed by atoms with E-state index in [4.69, 9.17) is 9.47 Å². The maximum atomic E-state index is 12.9. The van der Waals surface area contributed by atoms with Crippen LogP contribution in [0.2, 0.25) is 0 Å². The van der Waals surface area contributed by atoms with Gasteiger partial charge >= 0.3 is 0 Å². The summed E-state index contributed by atoms with van der Waals surface area (Å²) in [4.78, 5) is 14.9. The summed E-state index contributed by atoms with van der Waals surface area (Å²) in [5.74, 6) is 1.60. The lowest BCUT2D eigenvalue weighted by Crippen LogP contribution is -2.40. The fraction of sp³-hybridized carbons (Fsp3) is 0.650. The van der Waals surface area contributed by atoms with Crippen molar-refractivity contribution >= 4 is 5.91 Å². The summed E-state index contributed by atoms with van der Waals surface area (Å²) >= 11 is 0. The summed E-state index contributed by atoms with van der Waals surface area (Å²) in [6.45, 7) is 11.1. The van der Waals surface area contributed by atoms with Crippen LogP contribution in [-0.2, 0) is 11.3 Å². The Morgan fingerprint density at radius 1 is 1.12 bits per heavy atom. The summed E-state index contributed by atoms with van der Waals surface area (Å²) in [6.07, 6.45) is 2.42. The SMILES string of the molecule is CCC(CC)N(Cc1cccc(OC)c1OC)C(=O)CC(C)(C)C. The minimum atomic E-state index is -0.0279. The van der Waals surface area contributed by atoms with Crippen LogP contribution in [0.4, 0.5) is 0 Å². The van der Waals surface area contributed by atoms with Crippen LogP contribution in [-0.4, -0.2) is 31.1 Å². The number of amides is 1. The van der Waals surface area contributed by atoms with E-state index in [2.05, 4.69) is 34.6 Å². The number of hydrogen-bond acceptors (Lipinski definition) is 3. The number of carbonyl (C=O) groups excluding carboxylic acids is 1. The van der Waals surface area contributed by atoms with E-state index in [9.17, 15) is 4.79 Å². The van der Waals surface area contributed by atoms with Crippen LogP contribution < -0.4 is 9.47 Å². The third-order valence-corrected chi connectivity index (χ3v) is 4.21. The molecule has 0 saturated heterocycles. The summed E-state index contributed by atoms with van der Waals surface area (Å²) in [5, 5.41) is 0. The van der Waals surface area contributed by atoms with Crippen molar-refractivity contribution in [2.45, 2.75) is 66.5 Å². The van der Waals surface area contributed by atoms with E-state index in [-0.39, 0.29) is 17.4 Å². The van der Waals surface area contributed by atoms with Gasteiger partial charge in [0, 0.05) is 24.6 Å². The van der Waals surface area contributed by atoms with Gasteiger partial charge in [-0.15, -0.1) is 0 Å². The molecule has 24 heavy (non-hydrogen) atoms. The van der Waals surface area contributed by atoms with Gasteiger partial charge in [0.2, 0.25) is 5.91 Å². The van der Waals surface area contributed by atoms with E-state index in [0.717, 1.165) is 18.4 Å². The van der Waals surface area contributed by atoms with Gasteiger partial charge in [0.25, 0.3) is 0 Å². The van der Waals surface area contributed by atoms with E-state index in [0.29, 0.717) is 24.5 Å². The molecule has 0 spiro atoms. The number of para-hydroxylation sites is 1. The fourth-order valence-electron chi connectivity index (χ4n) is 2.97. The molecule has 0 N–H and O–H groups in total. The molecule has 4 heteroatoms. The molecule has 0 unspecified atom stereocenters. The monoisotopic (exact) mass is 335 g/mol. The van der Waals surface area contributed by atoms with Crippen LogP contribution >= 0.6 is 0 Å². The van der Waals surface area contributed by atoms with Crippen molar-refractivity contribution in [1.82, 2.24) is 4.90 Å². The zero-order valence-electron chi connectivity index (χ0n) is 16.3. The molecule has 136 valence electrons. The topological polar surface area (TPSA) is 38.8 Å². The number of methoxy groups -OCH3 is 2. The quantitative estimate of drug-likeness (QED) is 0.693. The maximum Gasteiger partial charge on any atom is 0.223 e. The van der Waals surface area contributed by atoms with E-state index in [1.165, 1.54) is 0 Å². The van der Waals surface area contributed by atoms with Gasteiger partial charge in [-0.05, 0) is 24.3 Å². The summed E-state index contributed by atoms with van der Waals surface area (Å²) in [7, 11) is 3.27. The molecule has 4 nitrogen and oxygen atoms in total. The van der Waals surface area contributed by atoms with Crippen LogP contribution in [0, 0.1) is 5.41 Å². The summed E-state index contributed by atoms with van der Waals surface area (Å²) in [5.41, 5.74) is 0.950. The Kier molecular flexibility index (Phi) is 7.59. The third-order valence-electron chi connectivity index (χ3n) is 4.21. The molecule has 0 heterocycles. The van der Waals surface area contributed by atoms with Gasteiger partial charge in [0.15, 0.2) is 11.5 Å². The first-order chi connectivity index (χ1) is 11.3. The highest BCUT2D eigenvalue weighted by Gasteiger charge is 2.26. The van der Waals surface area contributed by atoms with Gasteiger partial charge < -0.3 is 14.4 Å². The Hall–Kier alpha value is -1.71. The van der Waals surface area contributed by atoms with Crippen molar-refractivity contribution in [3.63, 3.8) is 0 Å². The zero-order chi connectivity index (χ0) is 18.3. The smallest absolute Gasteiger partial charge is 0.223 e. The lowest BCUT2D eigenvalue weighted by Gasteiger charge is -2.33. The molecule has 1 aromatic carbocycles. The number of hydrogen-bond donors (Lipinski definition) is 0. The van der Waals surface area contributed by atoms with Crippen molar-refractivity contribution < 1.29 is 14.3 Å². The van der Waals surface area contributed by atoms with Gasteiger partial charge in [-0.25, -0.2) is 0 Å². The van der Waals surface area contributed by atoms with E-state index < -0.39 is 0 Å². The number of benzene rings is 1. The van der Waals surface area contributed by atoms with Gasteiger partial charge in [0.1, 0.15) is 0 Å². The fourth-order valence-corrected chi connectivity index (χ4v) is 2.97. The molecule has 1 amide bonds. The molecule has 0 saturated carbocycles. The van der Waals surface area contributed by atoms with Crippen molar-refractivity contribution in [2.75, 3.05) is 14.2 Å². The van der Waals surface area contributed by atoms with Crippen LogP contribution in [0.5, 0.6) is 11.5 Å². The normalized spacial score (nSPS) is 11.5. The standard InChI is InChI=1S/C20H33NO3/c1-8-16(9-2)21(18(22)13-20(3,4)5)14-15-11-10-12-17(23-6)19(15)24-7/h10-12,16H,8-9,13-14H2,1-7H3. The number of rotatable bonds is 8. The molecule has 0 aromatic heterocycles. The lowest BCUT2D eigenvalue weighted by molar-refractivity contribution is -0.136. The Morgan fingerprint density at radius 3 is 2.21 bits per heavy atom. The summed E-state index contributed by atoms with van der Waals surface area (Å²) in [6, 6.07) is 6.05. The van der Waals surface area contributed by atoms with Crippen LogP contribution in [0.1, 0.15) is 59.4 Å². The van der Waals surface area contributed by atoms with Crippen LogP contribution in [0.15, 0.2) is 18.2 Å². The first-order valence-electron chi connectivity index (χ1n) is 8.76. The van der Waals surface area contributed by atoms with Crippen molar-refractivity contribution in [2.24, 2.45) is 5.41 Å². The number of nitrogens with zero attached hydrogens (tertiary/aromatic N) is 1. The highest BCUT2D eigenvalue weighted by Crippen LogP contribution is 2.33. The predicted molar refractivity (Wildman–Crippen MR) is 98.5 cm³/mol. The highest BCUT2D eigenvalue weighted by atomic mass is 16.5. The molecule has 0 aliphatic rings. The predicted octanol–water partition coefficient (Wildman–Crippen LogP) is 4.66. The first-order valence-corrected chi connectivity index (χ1v) is 8.76. The minimum absolute atomic E-state index is 0.0279. The molecule has 0 bridgehead atoms. The molecule has 1 aromatic rings. The Bertz CT molecular complexity index is 530. The largest absolute Gasteiger partial charge is 0.493 e. The first kappa shape index (κ1) is 20.3. The highest BCUT2D eigenvalue weighted by molar-refractivity contribution is 5.77. The number of ether oxygens (including phenoxy) is 2. The molecule has 0 radical (unpaired) electrons. The molecule has 0 aliphatic heterocycles. The lowest BCUT2D eigenvalue weighted by atomic mass is 9.91. The van der Waals surface area contributed by atoms with Crippen LogP contribution in [0.25, 0.3) is 0 Å². The summed E-state index contributed by atoms with van der Waals surface area (Å²) < 4.78 is 10.9. The molecular weight excluding hydrogens is 302 g/mol. The Morgan fingerprint density at radius 2 is 1.75 bits per heavy atom. The third kappa shape index (κ3) is 5.43. The molecule has 0 atom stereocenters. The Balaban J connectivity index is 3.16. The van der Waals surface area contributed by atoms with Gasteiger partial charge in [-0.1, -0.05) is 46.8 Å². The Labute approximate surface area is 147 Å². The van der Waals surface area contributed by atoms with Gasteiger partial charge in [-0.3, -0.25) is 4.79 Å². The second kappa shape index (κ2) is 8.95. The second-order valence-corrected chi connectivity index (χ2v) is 7.38. The molecular formula is C20H33NO3. The van der Waals surface area contributed by atoms with Crippen LogP contribution in [0.3, 0.4) is 0 Å². The molecule has 1 rings (SSSR count). The minimum Gasteiger partial charge on any atom is -0.493 e. The van der Waals surface area contributed by atoms with Crippen molar-refractivity contribution in [1.29, 1.82) is 0 Å². The van der Waals surface area contributed by atoms with Gasteiger partial charge in [0.05, 0.1) is 14.2 Å². The van der Waals surface area contributed by atoms with E-state index in [1.54, 1.807) is 14.2 Å². The average molecular weight is 335 g/mol. The molecule has 0 aliphatic carbocycles. The maximum absolute atomic E-state index is 12.9. The van der Waals surface area contributed by atoms with E-state index >= 15 is 0 Å². The van der Waals surface area contributed by atoms with Crippen molar-refractivity contribution in [3.8, 4) is 11.5 Å². The molecule has 0 fully saturated rings. The second-order valence-electron chi connectivity index (χ2n) is 7.38. The van der Waals surface area contributed by atoms with Gasteiger partial charge in [-0.2, -0.15) is 0 Å². The van der Waals surface area contributed by atoms with E-state index in [1.807, 2.05) is 23.1 Å². The number of carbonyl (C=O) groups is 1. The average Bonchev–Trinajstić information content (AvgIpc) is 2.52. The van der Waals surface area contributed by atoms with Crippen molar-refractivity contribution in [3.05, 3.63) is 23.8 Å².